The number of benzene rings is 4. The Hall–Kier alpha value is -3.59. The van der Waals surface area contributed by atoms with Crippen molar-refractivity contribution in [2.75, 3.05) is 4.90 Å². The minimum atomic E-state index is -0.221. The summed E-state index contributed by atoms with van der Waals surface area (Å²) in [6.07, 6.45) is 0.736. The number of halogens is 2. The van der Waals surface area contributed by atoms with E-state index >= 15 is 0 Å². The van der Waals surface area contributed by atoms with Crippen molar-refractivity contribution < 1.29 is 4.79 Å². The van der Waals surface area contributed by atoms with Crippen molar-refractivity contribution in [1.82, 2.24) is 0 Å². The van der Waals surface area contributed by atoms with Gasteiger partial charge < -0.3 is 0 Å². The summed E-state index contributed by atoms with van der Waals surface area (Å²) in [4.78, 5) is 15.9. The molecule has 188 valence electrons. The van der Waals surface area contributed by atoms with E-state index in [2.05, 4.69) is 62.9 Å². The lowest BCUT2D eigenvalue weighted by Crippen LogP contribution is -2.34. The van der Waals surface area contributed by atoms with Crippen LogP contribution in [0.1, 0.15) is 51.1 Å². The molecule has 1 unspecified atom stereocenters. The Labute approximate surface area is 233 Å². The Bertz CT molecular complexity index is 1620. The quantitative estimate of drug-likeness (QED) is 0.233. The zero-order valence-electron chi connectivity index (χ0n) is 21.3. The van der Waals surface area contributed by atoms with E-state index in [0.717, 1.165) is 50.5 Å². The highest BCUT2D eigenvalue weighted by molar-refractivity contribution is 6.31. The lowest BCUT2D eigenvalue weighted by molar-refractivity contribution is 0.0988. The van der Waals surface area contributed by atoms with Crippen LogP contribution in [0.25, 0.3) is 5.57 Å². The van der Waals surface area contributed by atoms with E-state index in [9.17, 15) is 4.79 Å². The van der Waals surface area contributed by atoms with Gasteiger partial charge in [-0.15, -0.1) is 0 Å². The molecule has 2 aliphatic rings. The predicted octanol–water partition coefficient (Wildman–Crippen LogP) is 9.25. The molecule has 2 nitrogen and oxygen atoms in total. The summed E-state index contributed by atoms with van der Waals surface area (Å²) in [5, 5.41) is 1.41. The van der Waals surface area contributed by atoms with Crippen molar-refractivity contribution in [3.63, 3.8) is 0 Å². The van der Waals surface area contributed by atoms with Gasteiger partial charge in [-0.2, -0.15) is 0 Å². The second kappa shape index (κ2) is 9.62. The van der Waals surface area contributed by atoms with Crippen LogP contribution in [0, 0.1) is 12.8 Å². The third-order valence-electron chi connectivity index (χ3n) is 7.71. The minimum absolute atomic E-state index is 0.0212. The summed E-state index contributed by atoms with van der Waals surface area (Å²) in [5.41, 5.74) is 10.7. The first kappa shape index (κ1) is 24.7. The number of aryl methyl sites for hydroxylation is 1. The fourth-order valence-electron chi connectivity index (χ4n) is 6.06. The van der Waals surface area contributed by atoms with Gasteiger partial charge in [0.15, 0.2) is 0 Å². The molecule has 4 aromatic rings. The molecule has 1 amide bonds. The SMILES string of the molecule is C=C(C)C(C1=C(c2ccc(Cl)cc2)c2ccc(Cl)cc2C1)[C@@H]1c2ccccc2C(=O)N1c1ccc(C)cc1. The molecule has 0 aromatic heterocycles. The molecule has 0 radical (unpaired) electrons. The standard InChI is InChI=1S/C34H27Cl2NO/c1-20(2)31(30-19-23-18-25(36)14-17-27(23)32(30)22-10-12-24(35)13-11-22)33-28-6-4-5-7-29(28)34(38)37(33)26-15-8-21(3)9-16-26/h4-18,31,33H,1,19H2,2-3H3/t31?,33-/m0/s1. The summed E-state index contributed by atoms with van der Waals surface area (Å²) in [6.45, 7) is 8.62. The number of hydrogen-bond acceptors (Lipinski definition) is 1. The topological polar surface area (TPSA) is 20.3 Å². The number of anilines is 1. The highest BCUT2D eigenvalue weighted by Gasteiger charge is 2.45. The fourth-order valence-corrected chi connectivity index (χ4v) is 6.38. The van der Waals surface area contributed by atoms with Gasteiger partial charge in [-0.3, -0.25) is 9.69 Å². The maximum Gasteiger partial charge on any atom is 0.259 e. The second-order valence-electron chi connectivity index (χ2n) is 10.3. The lowest BCUT2D eigenvalue weighted by Gasteiger charge is -2.35. The summed E-state index contributed by atoms with van der Waals surface area (Å²) < 4.78 is 0. The van der Waals surface area contributed by atoms with E-state index in [-0.39, 0.29) is 17.9 Å². The van der Waals surface area contributed by atoms with E-state index in [0.29, 0.717) is 5.02 Å². The highest BCUT2D eigenvalue weighted by atomic mass is 35.5. The number of fused-ring (bicyclic) bond motifs is 2. The van der Waals surface area contributed by atoms with Crippen LogP contribution in [0.4, 0.5) is 5.69 Å². The molecule has 0 saturated heterocycles. The van der Waals surface area contributed by atoms with E-state index < -0.39 is 0 Å². The van der Waals surface area contributed by atoms with Crippen molar-refractivity contribution >= 4 is 40.4 Å². The van der Waals surface area contributed by atoms with Crippen LogP contribution < -0.4 is 4.90 Å². The van der Waals surface area contributed by atoms with Crippen molar-refractivity contribution in [3.8, 4) is 0 Å². The maximum absolute atomic E-state index is 13.9. The van der Waals surface area contributed by atoms with E-state index in [1.54, 1.807) is 0 Å². The van der Waals surface area contributed by atoms with E-state index in [1.807, 2.05) is 53.4 Å². The first-order valence-electron chi connectivity index (χ1n) is 12.8. The molecule has 0 spiro atoms. The molecule has 1 aliphatic carbocycles. The lowest BCUT2D eigenvalue weighted by atomic mass is 9.79. The van der Waals surface area contributed by atoms with Gasteiger partial charge in [-0.1, -0.05) is 89.4 Å². The highest BCUT2D eigenvalue weighted by Crippen LogP contribution is 2.51. The van der Waals surface area contributed by atoms with Crippen LogP contribution in [0.5, 0.6) is 0 Å². The van der Waals surface area contributed by atoms with Crippen LogP contribution in [0.2, 0.25) is 10.0 Å². The molecule has 0 N–H and O–H groups in total. The molecule has 6 rings (SSSR count). The van der Waals surface area contributed by atoms with Crippen LogP contribution in [0.15, 0.2) is 109 Å². The number of amides is 1. The maximum atomic E-state index is 13.9. The largest absolute Gasteiger partial charge is 0.300 e. The summed E-state index contributed by atoms with van der Waals surface area (Å²) >= 11 is 12.7. The van der Waals surface area contributed by atoms with E-state index in [4.69, 9.17) is 23.2 Å². The molecule has 0 bridgehead atoms. The van der Waals surface area contributed by atoms with Gasteiger partial charge in [-0.25, -0.2) is 0 Å². The Morgan fingerprint density at radius 2 is 1.58 bits per heavy atom. The summed E-state index contributed by atoms with van der Waals surface area (Å²) in [5.74, 6) is -0.0892. The average Bonchev–Trinajstić information content (AvgIpc) is 3.40. The Morgan fingerprint density at radius 3 is 2.29 bits per heavy atom. The predicted molar refractivity (Wildman–Crippen MR) is 158 cm³/mol. The van der Waals surface area contributed by atoms with Crippen LogP contribution in [-0.2, 0) is 6.42 Å². The van der Waals surface area contributed by atoms with Crippen molar-refractivity contribution in [3.05, 3.63) is 152 Å². The number of nitrogens with zero attached hydrogens (tertiary/aromatic N) is 1. The normalized spacial score (nSPS) is 17.0. The van der Waals surface area contributed by atoms with Crippen LogP contribution in [-0.4, -0.2) is 5.91 Å². The molecular weight excluding hydrogens is 509 g/mol. The monoisotopic (exact) mass is 535 g/mol. The molecule has 1 aliphatic heterocycles. The molecule has 4 heteroatoms. The van der Waals surface area contributed by atoms with Gasteiger partial charge in [0.2, 0.25) is 0 Å². The van der Waals surface area contributed by atoms with Gasteiger partial charge in [0.1, 0.15) is 0 Å². The summed E-state index contributed by atoms with van der Waals surface area (Å²) in [7, 11) is 0. The molecule has 4 aromatic carbocycles. The van der Waals surface area contributed by atoms with Gasteiger partial charge in [0, 0.05) is 27.2 Å². The fraction of sp³-hybridized carbons (Fsp3) is 0.147. The Morgan fingerprint density at radius 1 is 0.895 bits per heavy atom. The number of carbonyl (C=O) groups is 1. The Balaban J connectivity index is 1.59. The van der Waals surface area contributed by atoms with E-state index in [1.165, 1.54) is 16.7 Å². The minimum Gasteiger partial charge on any atom is -0.300 e. The molecule has 0 saturated carbocycles. The molecular formula is C34H27Cl2NO. The third-order valence-corrected chi connectivity index (χ3v) is 8.20. The molecule has 38 heavy (non-hydrogen) atoms. The smallest absolute Gasteiger partial charge is 0.259 e. The van der Waals surface area contributed by atoms with Crippen LogP contribution >= 0.6 is 23.2 Å². The van der Waals surface area contributed by atoms with Crippen molar-refractivity contribution in [1.29, 1.82) is 0 Å². The number of carbonyl (C=O) groups excluding carboxylic acids is 1. The van der Waals surface area contributed by atoms with Gasteiger partial charge in [0.25, 0.3) is 5.91 Å². The van der Waals surface area contributed by atoms with Crippen molar-refractivity contribution in [2.24, 2.45) is 5.92 Å². The van der Waals surface area contributed by atoms with Crippen molar-refractivity contribution in [2.45, 2.75) is 26.3 Å². The zero-order valence-corrected chi connectivity index (χ0v) is 22.9. The number of hydrogen-bond donors (Lipinski definition) is 0. The van der Waals surface area contributed by atoms with Gasteiger partial charge in [-0.05, 0) is 96.1 Å². The van der Waals surface area contributed by atoms with Crippen LogP contribution in [0.3, 0.4) is 0 Å². The van der Waals surface area contributed by atoms with Gasteiger partial charge in [0.05, 0.1) is 6.04 Å². The molecule has 1 heterocycles. The molecule has 0 fully saturated rings. The number of rotatable bonds is 5. The third kappa shape index (κ3) is 4.09. The second-order valence-corrected chi connectivity index (χ2v) is 11.1. The average molecular weight is 537 g/mol. The first-order valence-corrected chi connectivity index (χ1v) is 13.5. The zero-order chi connectivity index (χ0) is 26.6. The molecule has 2 atom stereocenters. The van der Waals surface area contributed by atoms with Gasteiger partial charge >= 0.3 is 0 Å². The Kier molecular flexibility index (Phi) is 6.26. The summed E-state index contributed by atoms with van der Waals surface area (Å²) in [6, 6.07) is 30.1. The first-order chi connectivity index (χ1) is 18.3.